The number of hydrogen-bond donors (Lipinski definition) is 2. The molecule has 1 heterocycles. The third-order valence-corrected chi connectivity index (χ3v) is 7.12. The molecule has 0 saturated heterocycles. The third-order valence-electron chi connectivity index (χ3n) is 4.98. The Morgan fingerprint density at radius 3 is 2.48 bits per heavy atom. The number of ether oxygens (including phenoxy) is 1. The number of aliphatic hydroxyl groups is 1. The Bertz CT molecular complexity index is 863. The zero-order valence-electron chi connectivity index (χ0n) is 16.4. The average Bonchev–Trinajstić information content (AvgIpc) is 2.67. The molecule has 1 aliphatic heterocycles. The van der Waals surface area contributed by atoms with Crippen molar-refractivity contribution in [3.8, 4) is 5.75 Å². The van der Waals surface area contributed by atoms with Gasteiger partial charge in [-0.1, -0.05) is 46.3 Å². The molecular formula is C21H24BrF2NO3S. The molecular weight excluding hydrogens is 464 g/mol. The highest BCUT2D eigenvalue weighted by Crippen LogP contribution is 2.53. The molecule has 1 aliphatic rings. The lowest BCUT2D eigenvalue weighted by molar-refractivity contribution is -0.138. The molecule has 3 rings (SSSR count). The van der Waals surface area contributed by atoms with Gasteiger partial charge in [-0.2, -0.15) is 0 Å². The molecule has 3 atom stereocenters. The third kappa shape index (κ3) is 4.32. The highest BCUT2D eigenvalue weighted by molar-refractivity contribution is 9.10. The average molecular weight is 488 g/mol. The predicted octanol–water partition coefficient (Wildman–Crippen LogP) is 4.85. The molecule has 29 heavy (non-hydrogen) atoms. The number of alkyl halides is 2. The second kappa shape index (κ2) is 8.15. The SMILES string of the molecule is CC(C)(C)[S+]([O-])N[C@]1(C(F)(F)CO)CC(c2ccccc2)Oc2ccc(Br)cc21. The first-order valence-electron chi connectivity index (χ1n) is 9.20. The molecule has 0 radical (unpaired) electrons. The Morgan fingerprint density at radius 2 is 1.90 bits per heavy atom. The van der Waals surface area contributed by atoms with E-state index in [1.54, 1.807) is 45.0 Å². The van der Waals surface area contributed by atoms with E-state index in [0.717, 1.165) is 5.56 Å². The summed E-state index contributed by atoms with van der Waals surface area (Å²) in [5, 5.41) is 9.64. The minimum Gasteiger partial charge on any atom is -0.598 e. The molecule has 0 spiro atoms. The number of nitrogens with one attached hydrogen (secondary N) is 1. The van der Waals surface area contributed by atoms with Crippen molar-refractivity contribution in [1.29, 1.82) is 0 Å². The molecule has 0 fully saturated rings. The molecule has 0 bridgehead atoms. The summed E-state index contributed by atoms with van der Waals surface area (Å²) in [6, 6.07) is 13.9. The van der Waals surface area contributed by atoms with Crippen molar-refractivity contribution in [3.63, 3.8) is 0 Å². The highest BCUT2D eigenvalue weighted by atomic mass is 79.9. The summed E-state index contributed by atoms with van der Waals surface area (Å²) < 4.78 is 52.4. The molecule has 0 amide bonds. The van der Waals surface area contributed by atoms with Gasteiger partial charge in [-0.3, -0.25) is 0 Å². The highest BCUT2D eigenvalue weighted by Gasteiger charge is 2.62. The van der Waals surface area contributed by atoms with Crippen LogP contribution in [0.1, 0.15) is 44.4 Å². The molecule has 8 heteroatoms. The van der Waals surface area contributed by atoms with Gasteiger partial charge in [0.2, 0.25) is 0 Å². The largest absolute Gasteiger partial charge is 0.598 e. The topological polar surface area (TPSA) is 64.5 Å². The second-order valence-electron chi connectivity index (χ2n) is 8.11. The van der Waals surface area contributed by atoms with Gasteiger partial charge in [0.15, 0.2) is 5.54 Å². The zero-order valence-corrected chi connectivity index (χ0v) is 18.8. The van der Waals surface area contributed by atoms with Crippen LogP contribution in [0.4, 0.5) is 8.78 Å². The van der Waals surface area contributed by atoms with Gasteiger partial charge < -0.3 is 14.4 Å². The summed E-state index contributed by atoms with van der Waals surface area (Å²) in [6.07, 6.45) is -0.901. The van der Waals surface area contributed by atoms with E-state index in [9.17, 15) is 9.66 Å². The number of aliphatic hydroxyl groups excluding tert-OH is 1. The van der Waals surface area contributed by atoms with Crippen LogP contribution in [0.15, 0.2) is 53.0 Å². The monoisotopic (exact) mass is 487 g/mol. The van der Waals surface area contributed by atoms with Gasteiger partial charge in [0.1, 0.15) is 23.2 Å². The fourth-order valence-corrected chi connectivity index (χ4v) is 4.67. The van der Waals surface area contributed by atoms with Crippen LogP contribution < -0.4 is 9.46 Å². The van der Waals surface area contributed by atoms with Gasteiger partial charge in [0.25, 0.3) is 5.92 Å². The van der Waals surface area contributed by atoms with Crippen molar-refractivity contribution in [3.05, 3.63) is 64.1 Å². The summed E-state index contributed by atoms with van der Waals surface area (Å²) in [5.74, 6) is -3.33. The van der Waals surface area contributed by atoms with Crippen molar-refractivity contribution >= 4 is 27.3 Å². The van der Waals surface area contributed by atoms with Crippen molar-refractivity contribution in [2.75, 3.05) is 6.61 Å². The van der Waals surface area contributed by atoms with Crippen LogP contribution in [0, 0.1) is 0 Å². The standard InChI is InChI=1S/C21H24BrF2NO3S/c1-19(2,3)29(27)25-20(21(23,24)13-26)12-18(14-7-5-4-6-8-14)28-17-10-9-15(22)11-16(17)20/h4-11,18,25-26H,12-13H2,1-3H3/t18?,20-,29?/m1/s1. The molecule has 4 nitrogen and oxygen atoms in total. The maximum Gasteiger partial charge on any atom is 0.297 e. The van der Waals surface area contributed by atoms with Gasteiger partial charge in [-0.15, -0.1) is 4.72 Å². The molecule has 0 aliphatic carbocycles. The van der Waals surface area contributed by atoms with E-state index in [0.29, 0.717) is 4.47 Å². The molecule has 2 aromatic carbocycles. The van der Waals surface area contributed by atoms with Crippen molar-refractivity contribution in [2.45, 2.75) is 49.5 Å². The van der Waals surface area contributed by atoms with Crippen molar-refractivity contribution < 1.29 is 23.2 Å². The van der Waals surface area contributed by atoms with Gasteiger partial charge in [0, 0.05) is 27.8 Å². The van der Waals surface area contributed by atoms with Gasteiger partial charge in [0.05, 0.1) is 0 Å². The number of rotatable bonds is 5. The Kier molecular flexibility index (Phi) is 6.32. The zero-order chi connectivity index (χ0) is 21.4. The van der Waals surface area contributed by atoms with Crippen LogP contribution in [0.5, 0.6) is 5.75 Å². The lowest BCUT2D eigenvalue weighted by Crippen LogP contribution is -2.63. The maximum atomic E-state index is 15.4. The van der Waals surface area contributed by atoms with Crippen LogP contribution >= 0.6 is 15.9 Å². The fourth-order valence-electron chi connectivity index (χ4n) is 3.34. The van der Waals surface area contributed by atoms with Crippen LogP contribution in [-0.4, -0.2) is 26.9 Å². The summed E-state index contributed by atoms with van der Waals surface area (Å²) in [6.45, 7) is 3.72. The van der Waals surface area contributed by atoms with Gasteiger partial charge in [-0.05, 0) is 44.5 Å². The second-order valence-corrected chi connectivity index (χ2v) is 11.0. The Balaban J connectivity index is 2.21. The normalized spacial score (nSPS) is 23.2. The lowest BCUT2D eigenvalue weighted by Gasteiger charge is -2.46. The number of benzene rings is 2. The van der Waals surface area contributed by atoms with Crippen molar-refractivity contribution in [2.24, 2.45) is 0 Å². The molecule has 158 valence electrons. The number of fused-ring (bicyclic) bond motifs is 1. The summed E-state index contributed by atoms with van der Waals surface area (Å²) >= 11 is 1.51. The first-order valence-corrected chi connectivity index (χ1v) is 11.1. The van der Waals surface area contributed by atoms with Crippen LogP contribution in [0.3, 0.4) is 0 Å². The minimum atomic E-state index is -3.60. The van der Waals surface area contributed by atoms with Crippen LogP contribution in [0.25, 0.3) is 0 Å². The predicted molar refractivity (Wildman–Crippen MR) is 113 cm³/mol. The first-order chi connectivity index (χ1) is 13.5. The van der Waals surface area contributed by atoms with Crippen LogP contribution in [0.2, 0.25) is 0 Å². The Hall–Kier alpha value is -1.19. The number of hydrogen-bond acceptors (Lipinski definition) is 4. The Labute approximate surface area is 181 Å². The summed E-state index contributed by atoms with van der Waals surface area (Å²) in [7, 11) is 0. The van der Waals surface area contributed by atoms with Crippen LogP contribution in [-0.2, 0) is 16.9 Å². The van der Waals surface area contributed by atoms with E-state index in [-0.39, 0.29) is 17.7 Å². The van der Waals surface area contributed by atoms with E-state index in [1.807, 2.05) is 18.2 Å². The van der Waals surface area contributed by atoms with E-state index < -0.39 is 40.3 Å². The molecule has 2 unspecified atom stereocenters. The van der Waals surface area contributed by atoms with Gasteiger partial charge in [-0.25, -0.2) is 8.78 Å². The number of halogens is 3. The van der Waals surface area contributed by atoms with Crippen molar-refractivity contribution in [1.82, 2.24) is 4.72 Å². The summed E-state index contributed by atoms with van der Waals surface area (Å²) in [5.41, 5.74) is -1.20. The Morgan fingerprint density at radius 1 is 1.24 bits per heavy atom. The molecule has 2 aromatic rings. The molecule has 0 saturated carbocycles. The molecule has 2 N–H and O–H groups in total. The smallest absolute Gasteiger partial charge is 0.297 e. The van der Waals surface area contributed by atoms with E-state index in [4.69, 9.17) is 4.74 Å². The van der Waals surface area contributed by atoms with E-state index in [1.165, 1.54) is 6.07 Å². The van der Waals surface area contributed by atoms with E-state index in [2.05, 4.69) is 20.7 Å². The fraction of sp³-hybridized carbons (Fsp3) is 0.429. The molecule has 0 aromatic heterocycles. The first kappa shape index (κ1) is 22.5. The minimum absolute atomic E-state index is 0.163. The van der Waals surface area contributed by atoms with E-state index >= 15 is 8.78 Å². The summed E-state index contributed by atoms with van der Waals surface area (Å²) in [4.78, 5) is 0. The lowest BCUT2D eigenvalue weighted by atomic mass is 9.76. The quantitative estimate of drug-likeness (QED) is 0.591. The maximum absolute atomic E-state index is 15.4. The van der Waals surface area contributed by atoms with Gasteiger partial charge >= 0.3 is 0 Å².